The zero-order chi connectivity index (χ0) is 21.0. The van der Waals surface area contributed by atoms with Gasteiger partial charge in [0, 0.05) is 35.3 Å². The van der Waals surface area contributed by atoms with E-state index >= 15 is 0 Å². The van der Waals surface area contributed by atoms with Crippen LogP contribution < -0.4 is 14.8 Å². The maximum absolute atomic E-state index is 13.2. The Morgan fingerprint density at radius 3 is 2.14 bits per heavy atom. The van der Waals surface area contributed by atoms with Gasteiger partial charge in [0.05, 0.1) is 24.3 Å². The summed E-state index contributed by atoms with van der Waals surface area (Å²) in [5, 5.41) is 3.81. The predicted octanol–water partition coefficient (Wildman–Crippen LogP) is 6.16. The lowest BCUT2D eigenvalue weighted by molar-refractivity contribution is 0.394. The van der Waals surface area contributed by atoms with Crippen LogP contribution in [0, 0.1) is 12.7 Å². The van der Waals surface area contributed by atoms with Crippen LogP contribution in [0.3, 0.4) is 0 Å². The Morgan fingerprint density at radius 1 is 0.966 bits per heavy atom. The summed E-state index contributed by atoms with van der Waals surface area (Å²) in [6.45, 7) is 1.80. The molecule has 8 heteroatoms. The van der Waals surface area contributed by atoms with Crippen LogP contribution in [0.2, 0.25) is 10.0 Å². The number of anilines is 2. The van der Waals surface area contributed by atoms with Gasteiger partial charge >= 0.3 is 0 Å². The molecular weight excluding hydrogens is 416 g/mol. The molecule has 0 amide bonds. The average Bonchev–Trinajstić information content (AvgIpc) is 2.71. The van der Waals surface area contributed by atoms with Crippen molar-refractivity contribution in [2.75, 3.05) is 19.5 Å². The minimum absolute atomic E-state index is 0.291. The monoisotopic (exact) mass is 433 g/mol. The fourth-order valence-corrected chi connectivity index (χ4v) is 3.23. The summed E-state index contributed by atoms with van der Waals surface area (Å²) in [6.07, 6.45) is 6.80. The lowest BCUT2D eigenvalue weighted by Crippen LogP contribution is -1.98. The van der Waals surface area contributed by atoms with E-state index in [2.05, 4.69) is 15.3 Å². The Bertz CT molecular complexity index is 1030. The third kappa shape index (κ3) is 4.78. The van der Waals surface area contributed by atoms with Crippen LogP contribution >= 0.6 is 23.2 Å². The van der Waals surface area contributed by atoms with Gasteiger partial charge in [0.25, 0.3) is 0 Å². The van der Waals surface area contributed by atoms with Crippen molar-refractivity contribution in [1.82, 2.24) is 9.97 Å². The fraction of sp³-hybridized carbons (Fsp3) is 0.143. The number of methoxy groups -OCH3 is 2. The molecule has 1 N–H and O–H groups in total. The van der Waals surface area contributed by atoms with E-state index in [1.54, 1.807) is 43.6 Å². The summed E-state index contributed by atoms with van der Waals surface area (Å²) < 4.78 is 23.7. The van der Waals surface area contributed by atoms with E-state index in [4.69, 9.17) is 32.7 Å². The molecule has 0 aliphatic rings. The molecule has 0 saturated carbocycles. The van der Waals surface area contributed by atoms with Crippen LogP contribution in [0.25, 0.3) is 12.2 Å². The van der Waals surface area contributed by atoms with Crippen molar-refractivity contribution in [3.8, 4) is 11.5 Å². The average molecular weight is 434 g/mol. The highest BCUT2D eigenvalue weighted by molar-refractivity contribution is 6.39. The smallest absolute Gasteiger partial charge is 0.227 e. The molecule has 2 aromatic carbocycles. The first-order chi connectivity index (χ1) is 13.9. The lowest BCUT2D eigenvalue weighted by Gasteiger charge is -2.12. The molecule has 0 unspecified atom stereocenters. The third-order valence-corrected chi connectivity index (χ3v) is 4.94. The fourth-order valence-electron chi connectivity index (χ4n) is 2.61. The summed E-state index contributed by atoms with van der Waals surface area (Å²) in [5.41, 5.74) is 2.79. The number of rotatable bonds is 6. The van der Waals surface area contributed by atoms with Crippen LogP contribution in [-0.2, 0) is 0 Å². The van der Waals surface area contributed by atoms with Gasteiger partial charge in [-0.1, -0.05) is 35.4 Å². The van der Waals surface area contributed by atoms with Gasteiger partial charge in [0.1, 0.15) is 17.3 Å². The standard InChI is InChI=1S/C21H18Cl2FN3O2/c1-12-8-14(24)5-7-16(12)27-21-25-10-13(11-26-21)4-6-15-19(22)17(28-2)9-18(29-3)20(15)23/h4-11H,1-3H3,(H,25,26,27)/b6-4+. The second-order valence-corrected chi connectivity index (χ2v) is 6.84. The first kappa shape index (κ1) is 20.9. The van der Waals surface area contributed by atoms with Crippen molar-refractivity contribution < 1.29 is 13.9 Å². The number of hydrogen-bond acceptors (Lipinski definition) is 5. The number of hydrogen-bond donors (Lipinski definition) is 1. The van der Waals surface area contributed by atoms with Gasteiger partial charge in [-0.05, 0) is 30.7 Å². The van der Waals surface area contributed by atoms with Crippen molar-refractivity contribution >= 4 is 47.0 Å². The normalized spacial score (nSPS) is 11.0. The van der Waals surface area contributed by atoms with Crippen LogP contribution in [-0.4, -0.2) is 24.2 Å². The topological polar surface area (TPSA) is 56.3 Å². The van der Waals surface area contributed by atoms with Gasteiger partial charge in [-0.25, -0.2) is 14.4 Å². The molecule has 0 bridgehead atoms. The highest BCUT2D eigenvalue weighted by Gasteiger charge is 2.15. The highest BCUT2D eigenvalue weighted by Crippen LogP contribution is 2.41. The maximum Gasteiger partial charge on any atom is 0.227 e. The number of aromatic nitrogens is 2. The van der Waals surface area contributed by atoms with Crippen molar-refractivity contribution in [3.05, 3.63) is 69.2 Å². The van der Waals surface area contributed by atoms with Crippen LogP contribution in [0.15, 0.2) is 36.7 Å². The number of aryl methyl sites for hydroxylation is 1. The van der Waals surface area contributed by atoms with Gasteiger partial charge < -0.3 is 14.8 Å². The molecule has 1 aromatic heterocycles. The lowest BCUT2D eigenvalue weighted by atomic mass is 10.1. The predicted molar refractivity (Wildman–Crippen MR) is 115 cm³/mol. The second kappa shape index (κ2) is 9.11. The van der Waals surface area contributed by atoms with Crippen LogP contribution in [0.4, 0.5) is 16.0 Å². The van der Waals surface area contributed by atoms with E-state index in [1.165, 1.54) is 26.4 Å². The van der Waals surface area contributed by atoms with Crippen LogP contribution in [0.1, 0.15) is 16.7 Å². The first-order valence-electron chi connectivity index (χ1n) is 8.56. The molecule has 0 fully saturated rings. The molecular formula is C21H18Cl2FN3O2. The molecule has 0 radical (unpaired) electrons. The van der Waals surface area contributed by atoms with Crippen molar-refractivity contribution in [3.63, 3.8) is 0 Å². The molecule has 5 nitrogen and oxygen atoms in total. The summed E-state index contributed by atoms with van der Waals surface area (Å²) in [4.78, 5) is 8.56. The Morgan fingerprint density at radius 2 is 1.59 bits per heavy atom. The zero-order valence-corrected chi connectivity index (χ0v) is 17.5. The summed E-state index contributed by atoms with van der Waals surface area (Å²) in [7, 11) is 3.04. The molecule has 0 atom stereocenters. The molecule has 29 heavy (non-hydrogen) atoms. The van der Waals surface area contributed by atoms with Crippen molar-refractivity contribution in [2.45, 2.75) is 6.92 Å². The molecule has 3 aromatic rings. The number of nitrogens with zero attached hydrogens (tertiary/aromatic N) is 2. The third-order valence-electron chi connectivity index (χ3n) is 4.16. The minimum atomic E-state index is -0.291. The van der Waals surface area contributed by atoms with E-state index in [0.29, 0.717) is 33.1 Å². The number of ether oxygens (including phenoxy) is 2. The van der Waals surface area contributed by atoms with E-state index in [0.717, 1.165) is 16.8 Å². The van der Waals surface area contributed by atoms with E-state index in [-0.39, 0.29) is 5.82 Å². The van der Waals surface area contributed by atoms with Gasteiger partial charge in [0.2, 0.25) is 5.95 Å². The van der Waals surface area contributed by atoms with E-state index in [1.807, 2.05) is 0 Å². The van der Waals surface area contributed by atoms with Gasteiger partial charge in [-0.3, -0.25) is 0 Å². The molecule has 0 saturated heterocycles. The largest absolute Gasteiger partial charge is 0.495 e. The second-order valence-electron chi connectivity index (χ2n) is 6.08. The Kier molecular flexibility index (Phi) is 6.56. The summed E-state index contributed by atoms with van der Waals surface area (Å²) in [5.74, 6) is 1.02. The SMILES string of the molecule is COc1cc(OC)c(Cl)c(/C=C/c2cnc(Nc3ccc(F)cc3C)nc2)c1Cl. The molecule has 0 aliphatic carbocycles. The highest BCUT2D eigenvalue weighted by atomic mass is 35.5. The van der Waals surface area contributed by atoms with Crippen molar-refractivity contribution in [2.24, 2.45) is 0 Å². The van der Waals surface area contributed by atoms with Gasteiger partial charge in [0.15, 0.2) is 0 Å². The maximum atomic E-state index is 13.2. The molecule has 150 valence electrons. The molecule has 3 rings (SSSR count). The number of nitrogens with one attached hydrogen (secondary N) is 1. The Hall–Kier alpha value is -2.83. The Labute approximate surface area is 178 Å². The minimum Gasteiger partial charge on any atom is -0.495 e. The van der Waals surface area contributed by atoms with Crippen molar-refractivity contribution in [1.29, 1.82) is 0 Å². The first-order valence-corrected chi connectivity index (χ1v) is 9.31. The molecule has 0 spiro atoms. The molecule has 1 heterocycles. The summed E-state index contributed by atoms with van der Waals surface area (Å²) in [6, 6.07) is 6.09. The van der Waals surface area contributed by atoms with Gasteiger partial charge in [-0.15, -0.1) is 0 Å². The van der Waals surface area contributed by atoms with E-state index in [9.17, 15) is 4.39 Å². The molecule has 0 aliphatic heterocycles. The van der Waals surface area contributed by atoms with E-state index < -0.39 is 0 Å². The number of halogens is 3. The van der Waals surface area contributed by atoms with Gasteiger partial charge in [-0.2, -0.15) is 0 Å². The zero-order valence-electron chi connectivity index (χ0n) is 16.0. The number of benzene rings is 2. The summed E-state index contributed by atoms with van der Waals surface area (Å²) >= 11 is 12.7. The quantitative estimate of drug-likeness (QED) is 0.504. The Balaban J connectivity index is 1.82. The van der Waals surface area contributed by atoms with Crippen LogP contribution in [0.5, 0.6) is 11.5 Å².